The summed E-state index contributed by atoms with van der Waals surface area (Å²) in [5, 5.41) is 5.79. The molecule has 1 saturated heterocycles. The molecule has 0 aromatic rings. The third-order valence-corrected chi connectivity index (χ3v) is 10.6. The molecule has 7 aliphatic rings. The van der Waals surface area contributed by atoms with Crippen molar-refractivity contribution in [2.75, 3.05) is 6.61 Å². The molecular formula is C24H28F2O11S. The number of ether oxygens (including phenoxy) is 3. The lowest BCUT2D eigenvalue weighted by atomic mass is 9.52. The van der Waals surface area contributed by atoms with Crippen LogP contribution in [-0.2, 0) is 43.5 Å². The van der Waals surface area contributed by atoms with Crippen LogP contribution in [0, 0.1) is 41.4 Å². The minimum absolute atomic E-state index is 0.200. The highest BCUT2D eigenvalue weighted by Crippen LogP contribution is 2.62. The Kier molecular flexibility index (Phi) is 5.60. The van der Waals surface area contributed by atoms with E-state index < -0.39 is 99.0 Å². The van der Waals surface area contributed by atoms with E-state index in [9.17, 15) is 41.5 Å². The van der Waals surface area contributed by atoms with Crippen LogP contribution < -0.4 is 0 Å². The Hall–Kier alpha value is -2.19. The molecule has 8 atom stereocenters. The Bertz CT molecular complexity index is 1200. The van der Waals surface area contributed by atoms with Crippen molar-refractivity contribution >= 4 is 33.8 Å². The van der Waals surface area contributed by atoms with Crippen LogP contribution in [0.25, 0.3) is 0 Å². The number of fused-ring (bicyclic) bond motifs is 1. The van der Waals surface area contributed by atoms with Crippen molar-refractivity contribution in [3.05, 3.63) is 0 Å². The second-order valence-electron chi connectivity index (χ2n) is 12.2. The van der Waals surface area contributed by atoms with E-state index in [0.29, 0.717) is 32.1 Å². The normalized spacial score (nSPS) is 44.3. The summed E-state index contributed by atoms with van der Waals surface area (Å²) in [5.41, 5.74) is -1.66. The van der Waals surface area contributed by atoms with Crippen LogP contribution >= 0.6 is 0 Å². The lowest BCUT2D eigenvalue weighted by Crippen LogP contribution is -2.60. The van der Waals surface area contributed by atoms with Gasteiger partial charge in [0.1, 0.15) is 11.7 Å². The fourth-order valence-corrected chi connectivity index (χ4v) is 9.37. The molecule has 0 spiro atoms. The first-order chi connectivity index (χ1) is 17.6. The number of esters is 3. The van der Waals surface area contributed by atoms with Crippen molar-refractivity contribution in [2.45, 2.75) is 73.9 Å². The second-order valence-corrected chi connectivity index (χ2v) is 13.7. The van der Waals surface area contributed by atoms with Gasteiger partial charge in [-0.15, -0.1) is 0 Å². The summed E-state index contributed by atoms with van der Waals surface area (Å²) in [6.45, 7) is -0.738. The minimum Gasteiger partial charge on any atom is -0.461 e. The summed E-state index contributed by atoms with van der Waals surface area (Å²) in [6.07, 6.45) is 2.19. The number of halogens is 2. The first kappa shape index (κ1) is 26.1. The van der Waals surface area contributed by atoms with E-state index in [1.165, 1.54) is 0 Å². The van der Waals surface area contributed by atoms with E-state index in [-0.39, 0.29) is 18.3 Å². The molecular weight excluding hydrogens is 534 g/mol. The molecule has 6 saturated carbocycles. The Morgan fingerprint density at radius 3 is 2.34 bits per heavy atom. The molecule has 2 N–H and O–H groups in total. The predicted octanol–water partition coefficient (Wildman–Crippen LogP) is 1.02. The molecule has 7 fully saturated rings. The van der Waals surface area contributed by atoms with E-state index in [1.807, 2.05) is 0 Å². The molecule has 210 valence electrons. The molecule has 7 rings (SSSR count). The van der Waals surface area contributed by atoms with E-state index >= 15 is 0 Å². The summed E-state index contributed by atoms with van der Waals surface area (Å²) in [4.78, 5) is 50.3. The van der Waals surface area contributed by atoms with Gasteiger partial charge in [-0.05, 0) is 56.3 Å². The van der Waals surface area contributed by atoms with Crippen molar-refractivity contribution in [1.82, 2.24) is 0 Å². The van der Waals surface area contributed by atoms with Gasteiger partial charge in [0.05, 0.1) is 17.4 Å². The maximum Gasteiger partial charge on any atom is 0.426 e. The zero-order chi connectivity index (χ0) is 27.4. The number of alkyl halides is 2. The number of carbonyl (C=O) groups excluding carboxylic acids is 4. The number of hydrogen-bond acceptors (Lipinski definition) is 10. The third-order valence-electron chi connectivity index (χ3n) is 9.75. The molecule has 11 nitrogen and oxygen atoms in total. The van der Waals surface area contributed by atoms with Crippen molar-refractivity contribution in [1.29, 1.82) is 0 Å². The van der Waals surface area contributed by atoms with Crippen LogP contribution in [0.4, 0.5) is 8.78 Å². The highest BCUT2D eigenvalue weighted by atomic mass is 32.2. The Balaban J connectivity index is 1.11. The van der Waals surface area contributed by atoms with Crippen LogP contribution in [0.3, 0.4) is 0 Å². The fraction of sp³-hybridized carbons (Fsp3) is 0.833. The number of aliphatic hydroxyl groups is 1. The topological polar surface area (TPSA) is 171 Å². The van der Waals surface area contributed by atoms with Gasteiger partial charge in [0.15, 0.2) is 6.61 Å². The first-order valence-electron chi connectivity index (χ1n) is 12.8. The molecule has 1 aliphatic heterocycles. The average Bonchev–Trinajstić information content (AvgIpc) is 3.38. The van der Waals surface area contributed by atoms with Gasteiger partial charge in [0.2, 0.25) is 5.78 Å². The number of carbonyl (C=O) groups is 4. The number of rotatable bonds is 8. The summed E-state index contributed by atoms with van der Waals surface area (Å²) < 4.78 is 74.7. The minimum atomic E-state index is -6.00. The number of Topliss-reactive ketones (excluding diaryl/α,β-unsaturated/α-hetero) is 1. The molecule has 8 unspecified atom stereocenters. The zero-order valence-corrected chi connectivity index (χ0v) is 21.0. The van der Waals surface area contributed by atoms with Gasteiger partial charge in [-0.25, -0.2) is 4.79 Å². The van der Waals surface area contributed by atoms with Gasteiger partial charge < -0.3 is 19.3 Å². The van der Waals surface area contributed by atoms with E-state index in [2.05, 4.69) is 0 Å². The third kappa shape index (κ3) is 3.88. The molecule has 0 amide bonds. The van der Waals surface area contributed by atoms with Crippen LogP contribution in [0.1, 0.15) is 51.4 Å². The van der Waals surface area contributed by atoms with Crippen molar-refractivity contribution in [3.63, 3.8) is 0 Å². The van der Waals surface area contributed by atoms with Gasteiger partial charge >= 0.3 is 33.3 Å². The lowest BCUT2D eigenvalue weighted by Gasteiger charge is -2.59. The Labute approximate surface area is 216 Å². The first-order valence-corrected chi connectivity index (χ1v) is 14.2. The summed E-state index contributed by atoms with van der Waals surface area (Å²) in [7, 11) is -6.00. The van der Waals surface area contributed by atoms with Crippen LogP contribution in [0.5, 0.6) is 0 Å². The Morgan fingerprint density at radius 2 is 1.74 bits per heavy atom. The molecule has 6 bridgehead atoms. The predicted molar refractivity (Wildman–Crippen MR) is 117 cm³/mol. The van der Waals surface area contributed by atoms with Crippen molar-refractivity contribution in [3.8, 4) is 0 Å². The quantitative estimate of drug-likeness (QED) is 0.246. The smallest absolute Gasteiger partial charge is 0.426 e. The van der Waals surface area contributed by atoms with Crippen LogP contribution in [-0.4, -0.2) is 70.9 Å². The van der Waals surface area contributed by atoms with Gasteiger partial charge in [0, 0.05) is 24.7 Å². The van der Waals surface area contributed by atoms with Gasteiger partial charge in [-0.3, -0.25) is 18.9 Å². The maximum atomic E-state index is 13.9. The van der Waals surface area contributed by atoms with E-state index in [4.69, 9.17) is 18.8 Å². The van der Waals surface area contributed by atoms with Crippen LogP contribution in [0.2, 0.25) is 0 Å². The molecule has 0 aromatic heterocycles. The fourth-order valence-electron chi connectivity index (χ4n) is 9.00. The van der Waals surface area contributed by atoms with Gasteiger partial charge in [0.25, 0.3) is 0 Å². The summed E-state index contributed by atoms with van der Waals surface area (Å²) in [5.74, 6) is -8.48. The van der Waals surface area contributed by atoms with Gasteiger partial charge in [-0.1, -0.05) is 0 Å². The maximum absolute atomic E-state index is 13.9. The SMILES string of the molecule is O=C(COC(=O)C1C2CC3C(OC(=O)C31)C2CC(=O)C(F)(F)S(=O)(=O)O)OC12CC3CC(CC(O)(C3)C1)C2. The molecule has 6 aliphatic carbocycles. The number of hydrogen-bond donors (Lipinski definition) is 2. The van der Waals surface area contributed by atoms with E-state index in [0.717, 1.165) is 6.42 Å². The molecule has 14 heteroatoms. The van der Waals surface area contributed by atoms with Gasteiger partial charge in [-0.2, -0.15) is 17.2 Å². The Morgan fingerprint density at radius 1 is 1.08 bits per heavy atom. The average molecular weight is 563 g/mol. The molecule has 38 heavy (non-hydrogen) atoms. The number of ketones is 1. The standard InChI is InChI=1S/C24H28F2O11S/c25-24(26,38(32,33)34)15(27)3-13-12-2-14-18(21(30)36-19(13)14)17(12)20(29)35-8-16(28)37-23-6-10-1-11(7-23)5-22(31,4-10)9-23/h10-14,17-19,31H,1-9H2,(H,32,33,34). The molecule has 0 aromatic carbocycles. The largest absolute Gasteiger partial charge is 0.461 e. The summed E-state index contributed by atoms with van der Waals surface area (Å²) in [6, 6.07) is 0. The van der Waals surface area contributed by atoms with Crippen molar-refractivity contribution in [2.24, 2.45) is 41.4 Å². The molecule has 1 heterocycles. The lowest BCUT2D eigenvalue weighted by molar-refractivity contribution is -0.222. The summed E-state index contributed by atoms with van der Waals surface area (Å²) >= 11 is 0. The zero-order valence-electron chi connectivity index (χ0n) is 20.2. The van der Waals surface area contributed by atoms with Crippen molar-refractivity contribution < 1.29 is 60.2 Å². The highest BCUT2D eigenvalue weighted by Gasteiger charge is 2.69. The van der Waals surface area contributed by atoms with E-state index in [1.54, 1.807) is 0 Å². The molecule has 0 radical (unpaired) electrons. The second kappa shape index (κ2) is 8.17. The highest BCUT2D eigenvalue weighted by molar-refractivity contribution is 7.87. The van der Waals surface area contributed by atoms with Crippen LogP contribution in [0.15, 0.2) is 0 Å². The monoisotopic (exact) mass is 562 g/mol.